The third-order valence-corrected chi connectivity index (χ3v) is 3.58. The molecule has 0 aliphatic heterocycles. The van der Waals surface area contributed by atoms with Gasteiger partial charge in [0.15, 0.2) is 28.4 Å². The zero-order valence-electron chi connectivity index (χ0n) is 11.6. The van der Waals surface area contributed by atoms with Crippen molar-refractivity contribution in [2.24, 2.45) is 0 Å². The summed E-state index contributed by atoms with van der Waals surface area (Å²) in [4.78, 5) is 12.9. The lowest BCUT2D eigenvalue weighted by Crippen LogP contribution is -1.96. The van der Waals surface area contributed by atoms with Gasteiger partial charge in [-0.05, 0) is 30.0 Å². The first-order valence-corrected chi connectivity index (χ1v) is 7.27. The Bertz CT molecular complexity index is 833. The van der Waals surface area contributed by atoms with Gasteiger partial charge in [0, 0.05) is 35.6 Å². The first kappa shape index (κ1) is 15.2. The van der Waals surface area contributed by atoms with Crippen LogP contribution in [0.25, 0.3) is 0 Å². The molecular formula is C15H10F2N4OS. The molecule has 5 nitrogen and oxygen atoms in total. The minimum Gasteiger partial charge on any atom is -0.453 e. The van der Waals surface area contributed by atoms with E-state index in [4.69, 9.17) is 10.5 Å². The number of halogens is 2. The molecule has 8 heteroatoms. The van der Waals surface area contributed by atoms with E-state index in [0.717, 1.165) is 12.1 Å². The Kier molecular flexibility index (Phi) is 4.33. The van der Waals surface area contributed by atoms with Gasteiger partial charge in [-0.15, -0.1) is 0 Å². The molecule has 0 aliphatic carbocycles. The summed E-state index contributed by atoms with van der Waals surface area (Å²) in [6.45, 7) is 0. The maximum atomic E-state index is 13.2. The number of nitrogen functional groups attached to an aromatic ring is 1. The molecule has 3 aromatic rings. The number of ether oxygens (including phenoxy) is 1. The van der Waals surface area contributed by atoms with Gasteiger partial charge in [0.05, 0.1) is 0 Å². The van der Waals surface area contributed by atoms with Crippen LogP contribution in [-0.4, -0.2) is 15.0 Å². The molecule has 2 heterocycles. The fourth-order valence-corrected chi connectivity index (χ4v) is 2.39. The lowest BCUT2D eigenvalue weighted by atomic mass is 10.3. The fourth-order valence-electron chi connectivity index (χ4n) is 1.69. The summed E-state index contributed by atoms with van der Waals surface area (Å²) in [6, 6.07) is 6.56. The molecule has 0 radical (unpaired) electrons. The van der Waals surface area contributed by atoms with Crippen LogP contribution in [0.1, 0.15) is 0 Å². The summed E-state index contributed by atoms with van der Waals surface area (Å²) in [7, 11) is 0. The summed E-state index contributed by atoms with van der Waals surface area (Å²) in [5.41, 5.74) is 5.75. The molecule has 1 aromatic carbocycles. The van der Waals surface area contributed by atoms with E-state index < -0.39 is 11.6 Å². The molecule has 0 saturated heterocycles. The van der Waals surface area contributed by atoms with Crippen LogP contribution in [-0.2, 0) is 0 Å². The Morgan fingerprint density at radius 1 is 1.00 bits per heavy atom. The van der Waals surface area contributed by atoms with E-state index >= 15 is 0 Å². The molecule has 2 aromatic heterocycles. The third kappa shape index (κ3) is 3.72. The molecule has 0 spiro atoms. The number of nitrogens with zero attached hydrogens (tertiary/aromatic N) is 3. The highest BCUT2D eigenvalue weighted by Crippen LogP contribution is 2.32. The normalized spacial score (nSPS) is 10.5. The minimum atomic E-state index is -1.00. The quantitative estimate of drug-likeness (QED) is 0.735. The van der Waals surface area contributed by atoms with Crippen molar-refractivity contribution in [3.05, 3.63) is 60.6 Å². The summed E-state index contributed by atoms with van der Waals surface area (Å²) in [5, 5.41) is 0.540. The van der Waals surface area contributed by atoms with Crippen LogP contribution in [0.5, 0.6) is 11.5 Å². The van der Waals surface area contributed by atoms with Crippen molar-refractivity contribution in [2.45, 2.75) is 10.1 Å². The smallest absolute Gasteiger partial charge is 0.192 e. The number of rotatable bonds is 4. The Labute approximate surface area is 134 Å². The fraction of sp³-hybridized carbons (Fsp3) is 0. The molecule has 116 valence electrons. The number of aromatic nitrogens is 3. The van der Waals surface area contributed by atoms with Crippen molar-refractivity contribution in [3.63, 3.8) is 0 Å². The van der Waals surface area contributed by atoms with E-state index in [1.165, 1.54) is 17.8 Å². The molecule has 0 bridgehead atoms. The van der Waals surface area contributed by atoms with E-state index in [9.17, 15) is 8.78 Å². The van der Waals surface area contributed by atoms with Crippen molar-refractivity contribution < 1.29 is 13.5 Å². The summed E-state index contributed by atoms with van der Waals surface area (Å²) in [5.74, 6) is -1.47. The molecule has 0 aliphatic rings. The molecule has 0 saturated carbocycles. The van der Waals surface area contributed by atoms with E-state index in [1.54, 1.807) is 30.7 Å². The Hall–Kier alpha value is -2.74. The highest BCUT2D eigenvalue weighted by molar-refractivity contribution is 7.99. The van der Waals surface area contributed by atoms with Gasteiger partial charge >= 0.3 is 0 Å². The lowest BCUT2D eigenvalue weighted by Gasteiger charge is -2.09. The van der Waals surface area contributed by atoms with E-state index in [-0.39, 0.29) is 17.3 Å². The van der Waals surface area contributed by atoms with Gasteiger partial charge in [-0.3, -0.25) is 0 Å². The first-order chi connectivity index (χ1) is 11.1. The maximum Gasteiger partial charge on any atom is 0.192 e. The number of pyridine rings is 1. The van der Waals surface area contributed by atoms with Crippen LogP contribution in [0.15, 0.2) is 59.0 Å². The molecule has 0 unspecified atom stereocenters. The molecule has 23 heavy (non-hydrogen) atoms. The van der Waals surface area contributed by atoms with Crippen LogP contribution < -0.4 is 10.5 Å². The van der Waals surface area contributed by atoms with Gasteiger partial charge in [-0.2, -0.15) is 0 Å². The highest BCUT2D eigenvalue weighted by atomic mass is 32.2. The van der Waals surface area contributed by atoms with Crippen molar-refractivity contribution in [1.82, 2.24) is 15.0 Å². The van der Waals surface area contributed by atoms with Crippen LogP contribution in [0, 0.1) is 11.6 Å². The molecule has 0 atom stereocenters. The predicted molar refractivity (Wildman–Crippen MR) is 81.2 cm³/mol. The lowest BCUT2D eigenvalue weighted by molar-refractivity contribution is 0.461. The molecule has 0 amide bonds. The predicted octanol–water partition coefficient (Wildman–Crippen LogP) is 3.68. The number of hydrogen-bond acceptors (Lipinski definition) is 6. The maximum absolute atomic E-state index is 13.2. The van der Waals surface area contributed by atoms with Crippen LogP contribution in [0.3, 0.4) is 0 Å². The number of hydrogen-bond donors (Lipinski definition) is 1. The van der Waals surface area contributed by atoms with Gasteiger partial charge in [0.2, 0.25) is 0 Å². The van der Waals surface area contributed by atoms with Crippen molar-refractivity contribution in [3.8, 4) is 11.5 Å². The van der Waals surface area contributed by atoms with Gasteiger partial charge in [-0.25, -0.2) is 23.7 Å². The Balaban J connectivity index is 1.84. The van der Waals surface area contributed by atoms with Crippen molar-refractivity contribution >= 4 is 17.6 Å². The second kappa shape index (κ2) is 6.57. The van der Waals surface area contributed by atoms with Crippen LogP contribution in [0.4, 0.5) is 14.6 Å². The molecule has 0 fully saturated rings. The highest BCUT2D eigenvalue weighted by Gasteiger charge is 2.10. The first-order valence-electron chi connectivity index (χ1n) is 6.45. The standard InChI is InChI=1S/C15H10F2N4OS/c16-11-3-2-9(6-12(11)17)22-13-7-10(8-21-14(13)18)23-15-19-4-1-5-20-15/h1-8H,(H2,18,21). The average Bonchev–Trinajstić information content (AvgIpc) is 2.55. The topological polar surface area (TPSA) is 73.9 Å². The Morgan fingerprint density at radius 3 is 2.52 bits per heavy atom. The zero-order chi connectivity index (χ0) is 16.2. The van der Waals surface area contributed by atoms with Gasteiger partial charge in [-0.1, -0.05) is 0 Å². The van der Waals surface area contributed by atoms with Gasteiger partial charge in [0.1, 0.15) is 5.75 Å². The van der Waals surface area contributed by atoms with Gasteiger partial charge in [0.25, 0.3) is 0 Å². The average molecular weight is 332 g/mol. The monoisotopic (exact) mass is 332 g/mol. The summed E-state index contributed by atoms with van der Waals surface area (Å²) >= 11 is 1.27. The Morgan fingerprint density at radius 2 is 1.78 bits per heavy atom. The molecule has 2 N–H and O–H groups in total. The molecule has 3 rings (SSSR count). The SMILES string of the molecule is Nc1ncc(Sc2ncccn2)cc1Oc1ccc(F)c(F)c1. The summed E-state index contributed by atoms with van der Waals surface area (Å²) < 4.78 is 31.6. The van der Waals surface area contributed by atoms with Crippen molar-refractivity contribution in [2.75, 3.05) is 5.73 Å². The van der Waals surface area contributed by atoms with Crippen molar-refractivity contribution in [1.29, 1.82) is 0 Å². The van der Waals surface area contributed by atoms with Gasteiger partial charge < -0.3 is 10.5 Å². The van der Waals surface area contributed by atoms with Crippen LogP contribution >= 0.6 is 11.8 Å². The van der Waals surface area contributed by atoms with E-state index in [0.29, 0.717) is 10.1 Å². The largest absolute Gasteiger partial charge is 0.453 e. The minimum absolute atomic E-state index is 0.121. The van der Waals surface area contributed by atoms with Crippen LogP contribution in [0.2, 0.25) is 0 Å². The third-order valence-electron chi connectivity index (χ3n) is 2.73. The van der Waals surface area contributed by atoms with E-state index in [1.807, 2.05) is 0 Å². The zero-order valence-corrected chi connectivity index (χ0v) is 12.4. The summed E-state index contributed by atoms with van der Waals surface area (Å²) in [6.07, 6.45) is 4.80. The number of nitrogens with two attached hydrogens (primary N) is 1. The second-order valence-corrected chi connectivity index (χ2v) is 5.41. The van der Waals surface area contributed by atoms with E-state index in [2.05, 4.69) is 15.0 Å². The number of benzene rings is 1. The molecular weight excluding hydrogens is 322 g/mol. The number of anilines is 1. The second-order valence-electron chi connectivity index (χ2n) is 4.37.